The highest BCUT2D eigenvalue weighted by Crippen LogP contribution is 2.29. The molecular weight excluding hydrogens is 389 g/mol. The van der Waals surface area contributed by atoms with E-state index in [0.717, 1.165) is 16.8 Å². The van der Waals surface area contributed by atoms with Gasteiger partial charge >= 0.3 is 6.18 Å². The van der Waals surface area contributed by atoms with Gasteiger partial charge in [0.1, 0.15) is 5.01 Å². The molecule has 0 bridgehead atoms. The first-order chi connectivity index (χ1) is 12.2. The number of hydrogen-bond acceptors (Lipinski definition) is 5. The quantitative estimate of drug-likeness (QED) is 0.687. The van der Waals surface area contributed by atoms with E-state index in [-0.39, 0.29) is 18.0 Å². The van der Waals surface area contributed by atoms with Gasteiger partial charge in [-0.3, -0.25) is 0 Å². The standard InChI is InChI=1S/C16H13F3N2O3S2/c17-16(18,19)11-3-1-10(2-4-11)8-20-26(23,24)12-5-6-14-13(7-12)21-15(9-22)25-14/h1-7,20,22H,8-9H2. The van der Waals surface area contributed by atoms with Crippen molar-refractivity contribution in [3.8, 4) is 0 Å². The third kappa shape index (κ3) is 4.04. The summed E-state index contributed by atoms with van der Waals surface area (Å²) in [6.45, 7) is -0.370. The number of fused-ring (bicyclic) bond motifs is 1. The van der Waals surface area contributed by atoms with E-state index in [1.54, 1.807) is 6.07 Å². The summed E-state index contributed by atoms with van der Waals surface area (Å²) >= 11 is 1.26. The summed E-state index contributed by atoms with van der Waals surface area (Å²) in [5.74, 6) is 0. The lowest BCUT2D eigenvalue weighted by atomic mass is 10.1. The molecule has 3 rings (SSSR count). The first-order valence-electron chi connectivity index (χ1n) is 7.35. The second-order valence-electron chi connectivity index (χ2n) is 5.41. The van der Waals surface area contributed by atoms with Gasteiger partial charge in [-0.25, -0.2) is 18.1 Å². The van der Waals surface area contributed by atoms with Gasteiger partial charge in [-0.15, -0.1) is 11.3 Å². The number of aromatic nitrogens is 1. The maximum absolute atomic E-state index is 12.5. The zero-order chi connectivity index (χ0) is 18.9. The lowest BCUT2D eigenvalue weighted by Crippen LogP contribution is -2.23. The number of rotatable bonds is 5. The molecule has 1 heterocycles. The minimum atomic E-state index is -4.44. The maximum Gasteiger partial charge on any atom is 0.416 e. The maximum atomic E-state index is 12.5. The number of halogens is 3. The number of benzene rings is 2. The zero-order valence-corrected chi connectivity index (χ0v) is 14.7. The van der Waals surface area contributed by atoms with Crippen molar-refractivity contribution in [1.29, 1.82) is 0 Å². The van der Waals surface area contributed by atoms with Crippen LogP contribution in [0.4, 0.5) is 13.2 Å². The summed E-state index contributed by atoms with van der Waals surface area (Å²) in [5.41, 5.74) is 0.0631. The van der Waals surface area contributed by atoms with Crippen LogP contribution in [0.25, 0.3) is 10.2 Å². The molecule has 2 aromatic carbocycles. The van der Waals surface area contributed by atoms with Crippen LogP contribution in [0.15, 0.2) is 47.4 Å². The van der Waals surface area contributed by atoms with E-state index in [1.165, 1.54) is 35.6 Å². The van der Waals surface area contributed by atoms with E-state index in [9.17, 15) is 21.6 Å². The van der Waals surface area contributed by atoms with E-state index in [2.05, 4.69) is 9.71 Å². The number of sulfonamides is 1. The number of nitrogens with one attached hydrogen (secondary N) is 1. The number of aliphatic hydroxyl groups is 1. The number of nitrogens with zero attached hydrogens (tertiary/aromatic N) is 1. The minimum absolute atomic E-state index is 0.00768. The van der Waals surface area contributed by atoms with Gasteiger partial charge in [0.15, 0.2) is 0 Å². The molecule has 0 amide bonds. The summed E-state index contributed by atoms with van der Waals surface area (Å²) in [7, 11) is -3.86. The first-order valence-corrected chi connectivity index (χ1v) is 9.65. The third-order valence-corrected chi connectivity index (χ3v) is 6.02. The fraction of sp³-hybridized carbons (Fsp3) is 0.188. The minimum Gasteiger partial charge on any atom is -0.389 e. The largest absolute Gasteiger partial charge is 0.416 e. The molecule has 1 aromatic heterocycles. The van der Waals surface area contributed by atoms with Crippen molar-refractivity contribution >= 4 is 31.6 Å². The summed E-state index contributed by atoms with van der Waals surface area (Å²) in [4.78, 5) is 4.12. The molecule has 0 spiro atoms. The molecule has 0 radical (unpaired) electrons. The lowest BCUT2D eigenvalue weighted by Gasteiger charge is -2.09. The molecule has 138 valence electrons. The van der Waals surface area contributed by atoms with Crippen molar-refractivity contribution in [2.75, 3.05) is 0 Å². The Bertz CT molecular complexity index is 1030. The van der Waals surface area contributed by atoms with Crippen molar-refractivity contribution in [3.05, 3.63) is 58.6 Å². The highest BCUT2D eigenvalue weighted by Gasteiger charge is 2.30. The second kappa shape index (κ2) is 6.95. The van der Waals surface area contributed by atoms with Gasteiger partial charge in [-0.2, -0.15) is 13.2 Å². The van der Waals surface area contributed by atoms with Gasteiger partial charge in [0.25, 0.3) is 0 Å². The molecule has 2 N–H and O–H groups in total. The number of hydrogen-bond donors (Lipinski definition) is 2. The molecule has 0 atom stereocenters. The summed E-state index contributed by atoms with van der Waals surface area (Å²) in [6.07, 6.45) is -4.44. The molecule has 0 saturated heterocycles. The fourth-order valence-corrected chi connectivity index (χ4v) is 4.11. The Morgan fingerprint density at radius 3 is 2.42 bits per heavy atom. The van der Waals surface area contributed by atoms with Crippen LogP contribution in [0.1, 0.15) is 16.1 Å². The van der Waals surface area contributed by atoms with E-state index in [0.29, 0.717) is 16.1 Å². The Hall–Kier alpha value is -2.01. The molecule has 0 unspecified atom stereocenters. The smallest absolute Gasteiger partial charge is 0.389 e. The van der Waals surface area contributed by atoms with E-state index >= 15 is 0 Å². The summed E-state index contributed by atoms with van der Waals surface area (Å²) < 4.78 is 65.5. The van der Waals surface area contributed by atoms with Crippen molar-refractivity contribution in [2.45, 2.75) is 24.2 Å². The van der Waals surface area contributed by atoms with Gasteiger partial charge in [0.2, 0.25) is 10.0 Å². The monoisotopic (exact) mass is 402 g/mol. The Balaban J connectivity index is 1.76. The highest BCUT2D eigenvalue weighted by atomic mass is 32.2. The average Bonchev–Trinajstić information content (AvgIpc) is 3.02. The van der Waals surface area contributed by atoms with Gasteiger partial charge in [-0.1, -0.05) is 12.1 Å². The number of thiazole rings is 1. The Labute approximate surface area is 151 Å². The van der Waals surface area contributed by atoms with E-state index in [1.807, 2.05) is 0 Å². The normalized spacial score (nSPS) is 12.6. The lowest BCUT2D eigenvalue weighted by molar-refractivity contribution is -0.137. The van der Waals surface area contributed by atoms with Crippen molar-refractivity contribution in [1.82, 2.24) is 9.71 Å². The molecule has 26 heavy (non-hydrogen) atoms. The SMILES string of the molecule is O=S(=O)(NCc1ccc(C(F)(F)F)cc1)c1ccc2sc(CO)nc2c1. The van der Waals surface area contributed by atoms with E-state index < -0.39 is 21.8 Å². The van der Waals surface area contributed by atoms with Crippen LogP contribution >= 0.6 is 11.3 Å². The van der Waals surface area contributed by atoms with Crippen molar-refractivity contribution in [2.24, 2.45) is 0 Å². The molecule has 0 saturated carbocycles. The summed E-state index contributed by atoms with van der Waals surface area (Å²) in [6, 6.07) is 8.66. The molecule has 5 nitrogen and oxygen atoms in total. The molecule has 0 fully saturated rings. The molecule has 0 aliphatic carbocycles. The number of alkyl halides is 3. The zero-order valence-electron chi connectivity index (χ0n) is 13.1. The van der Waals surface area contributed by atoms with Gasteiger partial charge < -0.3 is 5.11 Å². The van der Waals surface area contributed by atoms with Crippen LogP contribution in [0.3, 0.4) is 0 Å². The van der Waals surface area contributed by atoms with Crippen LogP contribution in [0, 0.1) is 0 Å². The predicted molar refractivity (Wildman–Crippen MR) is 91.0 cm³/mol. The second-order valence-corrected chi connectivity index (χ2v) is 8.30. The van der Waals surface area contributed by atoms with Gasteiger partial charge in [0.05, 0.1) is 27.3 Å². The van der Waals surface area contributed by atoms with Crippen LogP contribution < -0.4 is 4.72 Å². The predicted octanol–water partition coefficient (Wildman–Crippen LogP) is 3.29. The van der Waals surface area contributed by atoms with Crippen LogP contribution in [-0.4, -0.2) is 18.5 Å². The molecule has 0 aliphatic heterocycles. The van der Waals surface area contributed by atoms with Crippen molar-refractivity contribution in [3.63, 3.8) is 0 Å². The van der Waals surface area contributed by atoms with Crippen LogP contribution in [-0.2, 0) is 29.4 Å². The van der Waals surface area contributed by atoms with Gasteiger partial charge in [-0.05, 0) is 35.9 Å². The Morgan fingerprint density at radius 1 is 1.12 bits per heavy atom. The molecule has 3 aromatic rings. The van der Waals surface area contributed by atoms with Crippen molar-refractivity contribution < 1.29 is 26.7 Å². The molecule has 0 aliphatic rings. The Kier molecular flexibility index (Phi) is 5.02. The fourth-order valence-electron chi connectivity index (χ4n) is 2.26. The molecular formula is C16H13F3N2O3S2. The highest BCUT2D eigenvalue weighted by molar-refractivity contribution is 7.89. The molecule has 10 heteroatoms. The summed E-state index contributed by atoms with van der Waals surface area (Å²) in [5, 5.41) is 9.57. The van der Waals surface area contributed by atoms with E-state index in [4.69, 9.17) is 5.11 Å². The number of aliphatic hydroxyl groups excluding tert-OH is 1. The average molecular weight is 402 g/mol. The van der Waals surface area contributed by atoms with Crippen LogP contribution in [0.2, 0.25) is 0 Å². The van der Waals surface area contributed by atoms with Gasteiger partial charge in [0, 0.05) is 6.54 Å². The third-order valence-electron chi connectivity index (χ3n) is 3.60. The first kappa shape index (κ1) is 18.8. The Morgan fingerprint density at radius 2 is 1.81 bits per heavy atom. The van der Waals surface area contributed by atoms with Crippen LogP contribution in [0.5, 0.6) is 0 Å². The topological polar surface area (TPSA) is 79.3 Å².